The molecule has 4 rings (SSSR count). The quantitative estimate of drug-likeness (QED) is 0.723. The highest BCUT2D eigenvalue weighted by Crippen LogP contribution is 2.63. The highest BCUT2D eigenvalue weighted by Gasteiger charge is 2.60. The summed E-state index contributed by atoms with van der Waals surface area (Å²) in [6.07, 6.45) is 7.83. The third-order valence-electron chi connectivity index (χ3n) is 7.87. The molecule has 22 heavy (non-hydrogen) atoms. The molecule has 3 heteroatoms. The number of rotatable bonds is 0. The van der Waals surface area contributed by atoms with Crippen LogP contribution in [-0.4, -0.2) is 28.2 Å². The van der Waals surface area contributed by atoms with Gasteiger partial charge in [0.05, 0.1) is 12.2 Å². The van der Waals surface area contributed by atoms with Crippen LogP contribution in [0.4, 0.5) is 0 Å². The van der Waals surface area contributed by atoms with Crippen molar-refractivity contribution in [2.75, 3.05) is 0 Å². The highest BCUT2D eigenvalue weighted by atomic mass is 16.3. The molecule has 0 aromatic carbocycles. The molecule has 0 aromatic rings. The number of fused-ring (bicyclic) bond motifs is 5. The van der Waals surface area contributed by atoms with Gasteiger partial charge in [0.25, 0.3) is 0 Å². The zero-order chi connectivity index (χ0) is 15.7. The van der Waals surface area contributed by atoms with Gasteiger partial charge in [-0.05, 0) is 73.7 Å². The van der Waals surface area contributed by atoms with Gasteiger partial charge in [0.2, 0.25) is 0 Å². The minimum absolute atomic E-state index is 0.0628. The lowest BCUT2D eigenvalue weighted by Gasteiger charge is -2.56. The Morgan fingerprint density at radius 2 is 1.82 bits per heavy atom. The smallest absolute Gasteiger partial charge is 0.159 e. The van der Waals surface area contributed by atoms with Gasteiger partial charge >= 0.3 is 0 Å². The van der Waals surface area contributed by atoms with Gasteiger partial charge in [0.15, 0.2) is 5.78 Å². The van der Waals surface area contributed by atoms with E-state index < -0.39 is 0 Å². The second kappa shape index (κ2) is 4.67. The molecule has 0 spiro atoms. The van der Waals surface area contributed by atoms with E-state index in [1.54, 1.807) is 0 Å². The fourth-order valence-electron chi connectivity index (χ4n) is 6.36. The zero-order valence-electron chi connectivity index (χ0n) is 13.7. The molecule has 4 aliphatic rings. The normalized spacial score (nSPS) is 54.3. The van der Waals surface area contributed by atoms with Crippen LogP contribution in [0.3, 0.4) is 0 Å². The Labute approximate surface area is 132 Å². The van der Waals surface area contributed by atoms with Gasteiger partial charge in [-0.25, -0.2) is 0 Å². The molecule has 0 aromatic heterocycles. The largest absolute Gasteiger partial charge is 0.393 e. The van der Waals surface area contributed by atoms with Crippen molar-refractivity contribution in [2.45, 2.75) is 71.0 Å². The maximum absolute atomic E-state index is 12.9. The topological polar surface area (TPSA) is 57.5 Å². The second-order valence-electron chi connectivity index (χ2n) is 8.76. The molecule has 122 valence electrons. The Morgan fingerprint density at radius 3 is 2.59 bits per heavy atom. The molecular weight excluding hydrogens is 276 g/mol. The lowest BCUT2D eigenvalue weighted by molar-refractivity contribution is -0.136. The second-order valence-corrected chi connectivity index (χ2v) is 8.76. The standard InChI is InChI=1S/C19H28O3/c1-18-7-5-12(20)9-11(18)10-15(21)17-13-3-4-16(22)19(13,2)8-6-14(17)18/h10,12-14,16-17,20,22H,3-9H2,1-2H3/t12-,13?,14?,16-,17-,18-,19-/m0/s1. The van der Waals surface area contributed by atoms with Gasteiger partial charge < -0.3 is 10.2 Å². The third-order valence-corrected chi connectivity index (χ3v) is 7.87. The van der Waals surface area contributed by atoms with Crippen molar-refractivity contribution < 1.29 is 15.0 Å². The fourth-order valence-corrected chi connectivity index (χ4v) is 6.36. The minimum Gasteiger partial charge on any atom is -0.393 e. The first-order valence-corrected chi connectivity index (χ1v) is 8.97. The van der Waals surface area contributed by atoms with E-state index in [4.69, 9.17) is 0 Å². The van der Waals surface area contributed by atoms with E-state index in [0.717, 1.165) is 38.5 Å². The van der Waals surface area contributed by atoms with Crippen LogP contribution in [0, 0.1) is 28.6 Å². The Balaban J connectivity index is 1.75. The highest BCUT2D eigenvalue weighted by molar-refractivity contribution is 5.94. The molecule has 4 aliphatic carbocycles. The number of aliphatic hydroxyl groups is 2. The molecular formula is C19H28O3. The number of carbonyl (C=O) groups is 1. The van der Waals surface area contributed by atoms with Crippen LogP contribution < -0.4 is 0 Å². The van der Waals surface area contributed by atoms with Gasteiger partial charge in [-0.3, -0.25) is 4.79 Å². The van der Waals surface area contributed by atoms with E-state index in [0.29, 0.717) is 18.3 Å². The van der Waals surface area contributed by atoms with E-state index >= 15 is 0 Å². The molecule has 3 nitrogen and oxygen atoms in total. The van der Waals surface area contributed by atoms with Gasteiger partial charge in [-0.15, -0.1) is 0 Å². The van der Waals surface area contributed by atoms with Crippen molar-refractivity contribution in [1.82, 2.24) is 0 Å². The summed E-state index contributed by atoms with van der Waals surface area (Å²) in [4.78, 5) is 12.9. The molecule has 0 aliphatic heterocycles. The summed E-state index contributed by atoms with van der Waals surface area (Å²) in [5, 5.41) is 20.4. The van der Waals surface area contributed by atoms with E-state index in [2.05, 4.69) is 13.8 Å². The van der Waals surface area contributed by atoms with E-state index in [-0.39, 0.29) is 34.7 Å². The summed E-state index contributed by atoms with van der Waals surface area (Å²) in [6, 6.07) is 0. The number of hydrogen-bond acceptors (Lipinski definition) is 3. The Kier molecular flexibility index (Phi) is 3.16. The molecule has 0 radical (unpaired) electrons. The first-order chi connectivity index (χ1) is 10.4. The monoisotopic (exact) mass is 304 g/mol. The summed E-state index contributed by atoms with van der Waals surface area (Å²) >= 11 is 0. The Bertz CT molecular complexity index is 539. The van der Waals surface area contributed by atoms with Crippen molar-refractivity contribution in [1.29, 1.82) is 0 Å². The van der Waals surface area contributed by atoms with Gasteiger partial charge in [0.1, 0.15) is 0 Å². The molecule has 7 atom stereocenters. The number of hydrogen-bond donors (Lipinski definition) is 2. The fraction of sp³-hybridized carbons (Fsp3) is 0.842. The maximum atomic E-state index is 12.9. The van der Waals surface area contributed by atoms with Crippen molar-refractivity contribution >= 4 is 5.78 Å². The van der Waals surface area contributed by atoms with Crippen LogP contribution in [0.15, 0.2) is 11.6 Å². The average Bonchev–Trinajstić information content (AvgIpc) is 2.77. The molecule has 2 unspecified atom stereocenters. The van der Waals surface area contributed by atoms with Crippen LogP contribution in [0.25, 0.3) is 0 Å². The molecule has 0 saturated heterocycles. The van der Waals surface area contributed by atoms with Crippen LogP contribution in [-0.2, 0) is 4.79 Å². The van der Waals surface area contributed by atoms with Crippen LogP contribution in [0.2, 0.25) is 0 Å². The van der Waals surface area contributed by atoms with Crippen LogP contribution in [0.1, 0.15) is 58.8 Å². The summed E-state index contributed by atoms with van der Waals surface area (Å²) < 4.78 is 0. The zero-order valence-corrected chi connectivity index (χ0v) is 13.7. The predicted molar refractivity (Wildman–Crippen MR) is 84.1 cm³/mol. The van der Waals surface area contributed by atoms with Gasteiger partial charge in [-0.1, -0.05) is 19.4 Å². The van der Waals surface area contributed by atoms with Gasteiger partial charge in [-0.2, -0.15) is 0 Å². The Hall–Kier alpha value is -0.670. The third kappa shape index (κ3) is 1.78. The predicted octanol–water partition coefficient (Wildman–Crippen LogP) is 2.85. The summed E-state index contributed by atoms with van der Waals surface area (Å²) in [6.45, 7) is 4.52. The summed E-state index contributed by atoms with van der Waals surface area (Å²) in [5.74, 6) is 1.13. The summed E-state index contributed by atoms with van der Waals surface area (Å²) in [5.41, 5.74) is 1.22. The average molecular weight is 304 g/mol. The van der Waals surface area contributed by atoms with Crippen LogP contribution >= 0.6 is 0 Å². The Morgan fingerprint density at radius 1 is 1.05 bits per heavy atom. The number of carbonyl (C=O) groups excluding carboxylic acids is 1. The number of aliphatic hydroxyl groups excluding tert-OH is 2. The van der Waals surface area contributed by atoms with Crippen molar-refractivity contribution in [2.24, 2.45) is 28.6 Å². The van der Waals surface area contributed by atoms with E-state index in [1.165, 1.54) is 5.57 Å². The van der Waals surface area contributed by atoms with Crippen LogP contribution in [0.5, 0.6) is 0 Å². The molecule has 0 amide bonds. The first kappa shape index (κ1) is 14.9. The SMILES string of the molecule is C[C@]12CC[C@H](O)CC1=CC(=O)[C@@H]1C2CC[C@@]2(C)C1CC[C@@H]2O. The van der Waals surface area contributed by atoms with Crippen molar-refractivity contribution in [3.63, 3.8) is 0 Å². The first-order valence-electron chi connectivity index (χ1n) is 8.97. The molecule has 2 N–H and O–H groups in total. The number of allylic oxidation sites excluding steroid dienone is 1. The maximum Gasteiger partial charge on any atom is 0.159 e. The number of ketones is 1. The minimum atomic E-state index is -0.272. The summed E-state index contributed by atoms with van der Waals surface area (Å²) in [7, 11) is 0. The van der Waals surface area contributed by atoms with Gasteiger partial charge in [0, 0.05) is 5.92 Å². The van der Waals surface area contributed by atoms with Crippen molar-refractivity contribution in [3.05, 3.63) is 11.6 Å². The van der Waals surface area contributed by atoms with E-state index in [9.17, 15) is 15.0 Å². The lowest BCUT2D eigenvalue weighted by atomic mass is 9.47. The molecule has 0 heterocycles. The van der Waals surface area contributed by atoms with E-state index in [1.807, 2.05) is 6.08 Å². The molecule has 3 fully saturated rings. The molecule has 3 saturated carbocycles. The lowest BCUT2D eigenvalue weighted by Crippen LogP contribution is -2.54. The van der Waals surface area contributed by atoms with Crippen molar-refractivity contribution in [3.8, 4) is 0 Å². The molecule has 0 bridgehead atoms.